The predicted octanol–water partition coefficient (Wildman–Crippen LogP) is 4.62. The zero-order valence-electron chi connectivity index (χ0n) is 12.5. The molecule has 1 fully saturated rings. The van der Waals surface area contributed by atoms with Crippen LogP contribution in [0.25, 0.3) is 0 Å². The monoisotopic (exact) mass is 239 g/mol. The fourth-order valence-corrected chi connectivity index (χ4v) is 3.70. The number of rotatable bonds is 7. The molecular weight excluding hydrogens is 206 g/mol. The molecule has 0 aromatic carbocycles. The lowest BCUT2D eigenvalue weighted by molar-refractivity contribution is 0.152. The normalized spacial score (nSPS) is 28.9. The molecular formula is C16H33N. The van der Waals surface area contributed by atoms with Crippen LogP contribution in [-0.4, -0.2) is 12.6 Å². The number of hydrogen-bond donors (Lipinski definition) is 1. The Kier molecular flexibility index (Phi) is 7.18. The van der Waals surface area contributed by atoms with Crippen molar-refractivity contribution in [2.24, 2.45) is 17.8 Å². The summed E-state index contributed by atoms with van der Waals surface area (Å²) in [5.41, 5.74) is 0. The van der Waals surface area contributed by atoms with Crippen LogP contribution in [0.2, 0.25) is 0 Å². The summed E-state index contributed by atoms with van der Waals surface area (Å²) in [5, 5.41) is 3.64. The summed E-state index contributed by atoms with van der Waals surface area (Å²) in [6, 6.07) is 0.699. The van der Waals surface area contributed by atoms with Gasteiger partial charge in [0.05, 0.1) is 0 Å². The molecule has 0 aliphatic heterocycles. The van der Waals surface area contributed by atoms with Crippen LogP contribution in [-0.2, 0) is 0 Å². The second-order valence-corrected chi connectivity index (χ2v) is 6.18. The molecule has 0 amide bonds. The Hall–Kier alpha value is -0.0400. The van der Waals surface area contributed by atoms with E-state index in [1.54, 1.807) is 0 Å². The topological polar surface area (TPSA) is 12.0 Å². The second-order valence-electron chi connectivity index (χ2n) is 6.18. The molecule has 0 radical (unpaired) electrons. The van der Waals surface area contributed by atoms with Crippen LogP contribution >= 0.6 is 0 Å². The van der Waals surface area contributed by atoms with Gasteiger partial charge in [0, 0.05) is 6.04 Å². The van der Waals surface area contributed by atoms with Crippen molar-refractivity contribution in [1.82, 2.24) is 5.32 Å². The molecule has 0 bridgehead atoms. The maximum Gasteiger partial charge on any atom is 0.00413 e. The zero-order chi connectivity index (χ0) is 12.7. The molecule has 1 N–H and O–H groups in total. The molecule has 1 heteroatoms. The molecule has 1 nitrogen and oxygen atoms in total. The molecule has 0 spiro atoms. The third-order valence-electron chi connectivity index (χ3n) is 4.69. The Balaban J connectivity index is 2.36. The van der Waals surface area contributed by atoms with Crippen LogP contribution < -0.4 is 5.32 Å². The van der Waals surface area contributed by atoms with Crippen LogP contribution in [0.4, 0.5) is 0 Å². The first kappa shape index (κ1) is 15.0. The highest BCUT2D eigenvalue weighted by molar-refractivity contribution is 4.80. The lowest BCUT2D eigenvalue weighted by Gasteiger charge is -2.36. The van der Waals surface area contributed by atoms with Crippen LogP contribution in [0.1, 0.15) is 72.6 Å². The minimum Gasteiger partial charge on any atom is -0.314 e. The van der Waals surface area contributed by atoms with Crippen molar-refractivity contribution >= 4 is 0 Å². The van der Waals surface area contributed by atoms with E-state index in [2.05, 4.69) is 33.0 Å². The molecule has 1 aliphatic carbocycles. The fourth-order valence-electron chi connectivity index (χ4n) is 3.70. The van der Waals surface area contributed by atoms with Gasteiger partial charge in [-0.05, 0) is 50.5 Å². The van der Waals surface area contributed by atoms with E-state index in [0.717, 1.165) is 17.8 Å². The molecule has 1 rings (SSSR count). The highest BCUT2D eigenvalue weighted by Gasteiger charge is 2.28. The van der Waals surface area contributed by atoms with E-state index in [4.69, 9.17) is 0 Å². The van der Waals surface area contributed by atoms with Crippen molar-refractivity contribution < 1.29 is 0 Å². The molecule has 17 heavy (non-hydrogen) atoms. The summed E-state index contributed by atoms with van der Waals surface area (Å²) in [4.78, 5) is 0. The van der Waals surface area contributed by atoms with Gasteiger partial charge in [-0.2, -0.15) is 0 Å². The number of hydrogen-bond acceptors (Lipinski definition) is 1. The van der Waals surface area contributed by atoms with Crippen LogP contribution in [0.15, 0.2) is 0 Å². The molecule has 0 aromatic heterocycles. The highest BCUT2D eigenvalue weighted by atomic mass is 14.9. The maximum atomic E-state index is 3.64. The quantitative estimate of drug-likeness (QED) is 0.683. The minimum absolute atomic E-state index is 0.699. The van der Waals surface area contributed by atoms with Crippen LogP contribution in [0.3, 0.4) is 0 Å². The van der Waals surface area contributed by atoms with E-state index in [1.165, 1.54) is 51.5 Å². The standard InChI is InChI=1S/C16H33N/c1-5-11-17-14(4)12-13(3)16-10-8-7-9-15(16)6-2/h13-17H,5-12H2,1-4H3. The van der Waals surface area contributed by atoms with Gasteiger partial charge in [-0.15, -0.1) is 0 Å². The Labute approximate surface area is 109 Å². The van der Waals surface area contributed by atoms with Crippen molar-refractivity contribution in [3.05, 3.63) is 0 Å². The van der Waals surface area contributed by atoms with E-state index in [0.29, 0.717) is 6.04 Å². The second kappa shape index (κ2) is 8.13. The van der Waals surface area contributed by atoms with Gasteiger partial charge in [-0.3, -0.25) is 0 Å². The SMILES string of the molecule is CCCNC(C)CC(C)C1CCCCC1CC. The summed E-state index contributed by atoms with van der Waals surface area (Å²) >= 11 is 0. The molecule has 0 aromatic rings. The fraction of sp³-hybridized carbons (Fsp3) is 1.00. The van der Waals surface area contributed by atoms with Gasteiger partial charge >= 0.3 is 0 Å². The van der Waals surface area contributed by atoms with Crippen molar-refractivity contribution in [3.63, 3.8) is 0 Å². The van der Waals surface area contributed by atoms with Crippen LogP contribution in [0.5, 0.6) is 0 Å². The summed E-state index contributed by atoms with van der Waals surface area (Å²) < 4.78 is 0. The first-order valence-electron chi connectivity index (χ1n) is 7.92. The van der Waals surface area contributed by atoms with Crippen molar-refractivity contribution in [3.8, 4) is 0 Å². The van der Waals surface area contributed by atoms with E-state index in [1.807, 2.05) is 0 Å². The van der Waals surface area contributed by atoms with Gasteiger partial charge in [0.25, 0.3) is 0 Å². The smallest absolute Gasteiger partial charge is 0.00413 e. The first-order valence-corrected chi connectivity index (χ1v) is 7.92. The summed E-state index contributed by atoms with van der Waals surface area (Å²) in [6.07, 6.45) is 9.93. The van der Waals surface area contributed by atoms with Gasteiger partial charge in [-0.1, -0.05) is 46.5 Å². The predicted molar refractivity (Wildman–Crippen MR) is 77.3 cm³/mol. The zero-order valence-corrected chi connectivity index (χ0v) is 12.5. The average Bonchev–Trinajstić information content (AvgIpc) is 2.36. The van der Waals surface area contributed by atoms with E-state index < -0.39 is 0 Å². The number of nitrogens with one attached hydrogen (secondary N) is 1. The molecule has 1 aliphatic rings. The van der Waals surface area contributed by atoms with Gasteiger partial charge in [-0.25, -0.2) is 0 Å². The Morgan fingerprint density at radius 2 is 1.82 bits per heavy atom. The molecule has 0 saturated heterocycles. The summed E-state index contributed by atoms with van der Waals surface area (Å²) in [6.45, 7) is 10.7. The summed E-state index contributed by atoms with van der Waals surface area (Å²) in [5.74, 6) is 2.91. The third-order valence-corrected chi connectivity index (χ3v) is 4.69. The van der Waals surface area contributed by atoms with E-state index in [9.17, 15) is 0 Å². The first-order chi connectivity index (χ1) is 8.19. The largest absolute Gasteiger partial charge is 0.314 e. The lowest BCUT2D eigenvalue weighted by atomic mass is 9.70. The van der Waals surface area contributed by atoms with E-state index >= 15 is 0 Å². The Bertz CT molecular complexity index is 190. The molecule has 0 heterocycles. The Morgan fingerprint density at radius 3 is 2.47 bits per heavy atom. The maximum absolute atomic E-state index is 3.64. The van der Waals surface area contributed by atoms with Gasteiger partial charge in [0.1, 0.15) is 0 Å². The minimum atomic E-state index is 0.699. The Morgan fingerprint density at radius 1 is 1.12 bits per heavy atom. The summed E-state index contributed by atoms with van der Waals surface area (Å²) in [7, 11) is 0. The van der Waals surface area contributed by atoms with Gasteiger partial charge < -0.3 is 5.32 Å². The lowest BCUT2D eigenvalue weighted by Crippen LogP contribution is -2.33. The third kappa shape index (κ3) is 4.99. The van der Waals surface area contributed by atoms with Crippen LogP contribution in [0, 0.1) is 17.8 Å². The molecule has 102 valence electrons. The van der Waals surface area contributed by atoms with Crippen molar-refractivity contribution in [1.29, 1.82) is 0 Å². The highest BCUT2D eigenvalue weighted by Crippen LogP contribution is 2.38. The van der Waals surface area contributed by atoms with Gasteiger partial charge in [0.15, 0.2) is 0 Å². The molecule has 4 unspecified atom stereocenters. The van der Waals surface area contributed by atoms with Gasteiger partial charge in [0.2, 0.25) is 0 Å². The molecule has 1 saturated carbocycles. The molecule has 4 atom stereocenters. The van der Waals surface area contributed by atoms with Crippen molar-refractivity contribution in [2.75, 3.05) is 6.54 Å². The average molecular weight is 239 g/mol. The van der Waals surface area contributed by atoms with Crippen molar-refractivity contribution in [2.45, 2.75) is 78.7 Å². The van der Waals surface area contributed by atoms with E-state index in [-0.39, 0.29) is 0 Å².